The summed E-state index contributed by atoms with van der Waals surface area (Å²) >= 11 is 0. The smallest absolute Gasteiger partial charge is 0.337 e. The maximum atomic E-state index is 11.4. The van der Waals surface area contributed by atoms with Crippen molar-refractivity contribution in [1.82, 2.24) is 0 Å². The number of hydrogen-bond acceptors (Lipinski definition) is 4. The first-order chi connectivity index (χ1) is 9.21. The first kappa shape index (κ1) is 14.0. The minimum atomic E-state index is -4.82. The van der Waals surface area contributed by atoms with Crippen LogP contribution in [-0.4, -0.2) is 35.1 Å². The molecule has 0 radical (unpaired) electrons. The summed E-state index contributed by atoms with van der Waals surface area (Å²) < 4.78 is 32.0. The number of hydrogen-bond donors (Lipinski definition) is 3. The first-order valence-corrected chi connectivity index (χ1v) is 6.66. The molecule has 0 heterocycles. The average molecular weight is 296 g/mol. The molecule has 2 rings (SSSR count). The highest BCUT2D eigenvalue weighted by Crippen LogP contribution is 2.28. The third-order valence-corrected chi connectivity index (χ3v) is 3.66. The molecule has 0 aliphatic rings. The Labute approximate surface area is 112 Å². The molecule has 0 unspecified atom stereocenters. The van der Waals surface area contributed by atoms with Gasteiger partial charge in [0.1, 0.15) is 4.90 Å². The lowest BCUT2D eigenvalue weighted by atomic mass is 10.0. The van der Waals surface area contributed by atoms with Gasteiger partial charge in [0, 0.05) is 5.39 Å². The number of carboxylic acids is 2. The van der Waals surface area contributed by atoms with Gasteiger partial charge in [-0.25, -0.2) is 9.59 Å². The zero-order chi connectivity index (χ0) is 15.1. The number of benzene rings is 2. The average Bonchev–Trinajstić information content (AvgIpc) is 2.35. The van der Waals surface area contributed by atoms with Crippen LogP contribution in [0.4, 0.5) is 0 Å². The second-order valence-corrected chi connectivity index (χ2v) is 5.32. The van der Waals surface area contributed by atoms with Gasteiger partial charge in [-0.15, -0.1) is 0 Å². The number of carbonyl (C=O) groups is 2. The van der Waals surface area contributed by atoms with Gasteiger partial charge < -0.3 is 10.2 Å². The van der Waals surface area contributed by atoms with Crippen LogP contribution in [0.2, 0.25) is 0 Å². The van der Waals surface area contributed by atoms with E-state index in [2.05, 4.69) is 0 Å². The third kappa shape index (κ3) is 2.33. The lowest BCUT2D eigenvalue weighted by molar-refractivity contribution is 0.0685. The van der Waals surface area contributed by atoms with Crippen molar-refractivity contribution < 1.29 is 32.8 Å². The summed E-state index contributed by atoms with van der Waals surface area (Å²) in [6.07, 6.45) is 0. The van der Waals surface area contributed by atoms with E-state index < -0.39 is 32.5 Å². The lowest BCUT2D eigenvalue weighted by Crippen LogP contribution is -2.09. The summed E-state index contributed by atoms with van der Waals surface area (Å²) in [6.45, 7) is 0. The van der Waals surface area contributed by atoms with Crippen molar-refractivity contribution in [3.05, 3.63) is 41.5 Å². The van der Waals surface area contributed by atoms with E-state index in [4.69, 9.17) is 10.2 Å². The molecule has 0 spiro atoms. The van der Waals surface area contributed by atoms with Crippen molar-refractivity contribution in [1.29, 1.82) is 0 Å². The van der Waals surface area contributed by atoms with Crippen LogP contribution in [0.15, 0.2) is 35.2 Å². The van der Waals surface area contributed by atoms with Crippen molar-refractivity contribution in [2.45, 2.75) is 4.90 Å². The second-order valence-electron chi connectivity index (χ2n) is 3.96. The first-order valence-electron chi connectivity index (χ1n) is 5.22. The Morgan fingerprint density at radius 1 is 0.950 bits per heavy atom. The molecule has 0 fully saturated rings. The van der Waals surface area contributed by atoms with E-state index in [1.54, 1.807) is 0 Å². The zero-order valence-corrected chi connectivity index (χ0v) is 10.6. The van der Waals surface area contributed by atoms with Crippen LogP contribution >= 0.6 is 0 Å². The lowest BCUT2D eigenvalue weighted by Gasteiger charge is -2.08. The maximum Gasteiger partial charge on any atom is 0.337 e. The summed E-state index contributed by atoms with van der Waals surface area (Å²) in [5.74, 6) is -2.84. The molecule has 2 aromatic carbocycles. The van der Waals surface area contributed by atoms with Gasteiger partial charge in [-0.1, -0.05) is 12.1 Å². The number of fused-ring (bicyclic) bond motifs is 1. The van der Waals surface area contributed by atoms with Crippen LogP contribution in [-0.2, 0) is 10.1 Å². The molecule has 0 saturated carbocycles. The molecule has 20 heavy (non-hydrogen) atoms. The molecule has 0 aliphatic carbocycles. The SMILES string of the molecule is O=C(O)c1ccc2ccc(C(=O)O)c(S(=O)(=O)O)c2c1. The van der Waals surface area contributed by atoms with Gasteiger partial charge in [0.05, 0.1) is 11.1 Å². The van der Waals surface area contributed by atoms with Gasteiger partial charge in [0.25, 0.3) is 10.1 Å². The summed E-state index contributed by atoms with van der Waals surface area (Å²) in [4.78, 5) is 21.1. The van der Waals surface area contributed by atoms with Crippen molar-refractivity contribution in [3.8, 4) is 0 Å². The molecule has 7 nitrogen and oxygen atoms in total. The van der Waals surface area contributed by atoms with Crippen LogP contribution < -0.4 is 0 Å². The predicted molar refractivity (Wildman–Crippen MR) is 67.7 cm³/mol. The molecule has 3 N–H and O–H groups in total. The summed E-state index contributed by atoms with van der Waals surface area (Å²) in [5.41, 5.74) is -0.840. The molecule has 8 heteroatoms. The zero-order valence-electron chi connectivity index (χ0n) is 9.77. The Kier molecular flexibility index (Phi) is 3.20. The minimum absolute atomic E-state index is 0.160. The van der Waals surface area contributed by atoms with Gasteiger partial charge in [-0.2, -0.15) is 8.42 Å². The minimum Gasteiger partial charge on any atom is -0.478 e. The number of rotatable bonds is 3. The largest absolute Gasteiger partial charge is 0.478 e. The van der Waals surface area contributed by atoms with Crippen LogP contribution in [0.25, 0.3) is 10.8 Å². The fourth-order valence-electron chi connectivity index (χ4n) is 1.87. The van der Waals surface area contributed by atoms with E-state index in [1.807, 2.05) is 0 Å². The van der Waals surface area contributed by atoms with Crippen LogP contribution in [0, 0.1) is 0 Å². The van der Waals surface area contributed by atoms with E-state index in [0.29, 0.717) is 5.39 Å². The summed E-state index contributed by atoms with van der Waals surface area (Å²) in [6, 6.07) is 5.96. The molecular weight excluding hydrogens is 288 g/mol. The molecule has 0 saturated heterocycles. The van der Waals surface area contributed by atoms with Crippen LogP contribution in [0.3, 0.4) is 0 Å². The van der Waals surface area contributed by atoms with Gasteiger partial charge >= 0.3 is 11.9 Å². The summed E-state index contributed by atoms with van der Waals surface area (Å²) in [7, 11) is -4.82. The Morgan fingerprint density at radius 3 is 2.05 bits per heavy atom. The molecule has 0 bridgehead atoms. The predicted octanol–water partition coefficient (Wildman–Crippen LogP) is 1.48. The number of carboxylic acid groups (broad SMARTS) is 2. The Bertz CT molecular complexity index is 831. The highest BCUT2D eigenvalue weighted by molar-refractivity contribution is 7.86. The van der Waals surface area contributed by atoms with Crippen molar-refractivity contribution in [3.63, 3.8) is 0 Å². The number of aromatic carboxylic acids is 2. The van der Waals surface area contributed by atoms with Crippen molar-refractivity contribution in [2.24, 2.45) is 0 Å². The molecule has 0 aliphatic heterocycles. The molecule has 0 amide bonds. The van der Waals surface area contributed by atoms with Gasteiger partial charge in [-0.3, -0.25) is 4.55 Å². The van der Waals surface area contributed by atoms with Crippen molar-refractivity contribution >= 4 is 32.8 Å². The molecule has 0 aromatic heterocycles. The topological polar surface area (TPSA) is 129 Å². The van der Waals surface area contributed by atoms with E-state index in [0.717, 1.165) is 12.1 Å². The van der Waals surface area contributed by atoms with E-state index in [1.165, 1.54) is 18.2 Å². The fraction of sp³-hybridized carbons (Fsp3) is 0. The molecule has 2 aromatic rings. The quantitative estimate of drug-likeness (QED) is 0.731. The van der Waals surface area contributed by atoms with Crippen LogP contribution in [0.1, 0.15) is 20.7 Å². The third-order valence-electron chi connectivity index (χ3n) is 2.71. The molecular formula is C12H8O7S. The monoisotopic (exact) mass is 296 g/mol. The Morgan fingerprint density at radius 2 is 1.55 bits per heavy atom. The van der Waals surface area contributed by atoms with Gasteiger partial charge in [0.2, 0.25) is 0 Å². The Balaban J connectivity index is 3.00. The Hall–Kier alpha value is -2.45. The van der Waals surface area contributed by atoms with Gasteiger partial charge in [-0.05, 0) is 23.6 Å². The highest BCUT2D eigenvalue weighted by atomic mass is 32.2. The van der Waals surface area contributed by atoms with E-state index in [-0.39, 0.29) is 10.9 Å². The maximum absolute atomic E-state index is 11.4. The van der Waals surface area contributed by atoms with Crippen LogP contribution in [0.5, 0.6) is 0 Å². The van der Waals surface area contributed by atoms with Crippen molar-refractivity contribution in [2.75, 3.05) is 0 Å². The molecule has 0 atom stereocenters. The van der Waals surface area contributed by atoms with Gasteiger partial charge in [0.15, 0.2) is 0 Å². The van der Waals surface area contributed by atoms with E-state index >= 15 is 0 Å². The fourth-order valence-corrected chi connectivity index (χ4v) is 2.76. The highest BCUT2D eigenvalue weighted by Gasteiger charge is 2.23. The normalized spacial score (nSPS) is 11.4. The van der Waals surface area contributed by atoms with E-state index in [9.17, 15) is 22.6 Å². The standard InChI is InChI=1S/C12H8O7S/c13-11(14)7-2-1-6-3-4-8(12(15)16)10(9(6)5-7)20(17,18)19/h1-5H,(H,13,14)(H,15,16)(H,17,18,19). The molecule has 104 valence electrons. The summed E-state index contributed by atoms with van der Waals surface area (Å²) in [5, 5.41) is 18.0. The second kappa shape index (κ2) is 4.58.